The van der Waals surface area contributed by atoms with Crippen LogP contribution >= 0.6 is 15.9 Å². The number of halogens is 1. The van der Waals surface area contributed by atoms with Crippen LogP contribution in [0.5, 0.6) is 0 Å². The second kappa shape index (κ2) is 7.11. The Balaban J connectivity index is 1.77. The maximum Gasteiger partial charge on any atom is 0.251 e. The fourth-order valence-corrected chi connectivity index (χ4v) is 3.34. The maximum atomic E-state index is 12.4. The number of fused-ring (bicyclic) bond motifs is 1. The summed E-state index contributed by atoms with van der Waals surface area (Å²) in [6.07, 6.45) is 0. The van der Waals surface area contributed by atoms with Gasteiger partial charge >= 0.3 is 0 Å². The number of amides is 2. The number of nitrogens with one attached hydrogen (secondary N) is 2. The Hall–Kier alpha value is -2.60. The largest absolute Gasteiger partial charge is 0.355 e. The van der Waals surface area contributed by atoms with Crippen molar-refractivity contribution in [3.63, 3.8) is 0 Å². The Morgan fingerprint density at radius 2 is 1.76 bits per heavy atom. The minimum Gasteiger partial charge on any atom is -0.355 e. The lowest BCUT2D eigenvalue weighted by molar-refractivity contribution is -0.116. The molecule has 2 amide bonds. The molecule has 5 nitrogen and oxygen atoms in total. The number of hydrogen-bond donors (Lipinski definition) is 2. The predicted octanol–water partition coefficient (Wildman–Crippen LogP) is 3.71. The fraction of sp³-hybridized carbons (Fsp3) is 0.158. The van der Waals surface area contributed by atoms with E-state index in [-0.39, 0.29) is 18.4 Å². The Labute approximate surface area is 154 Å². The zero-order chi connectivity index (χ0) is 18.0. The monoisotopic (exact) mass is 399 g/mol. The summed E-state index contributed by atoms with van der Waals surface area (Å²) in [5.41, 5.74) is 3.23. The highest BCUT2D eigenvalue weighted by Crippen LogP contribution is 2.30. The van der Waals surface area contributed by atoms with Crippen LogP contribution in [0.15, 0.2) is 53.0 Å². The summed E-state index contributed by atoms with van der Waals surface area (Å²) in [6.45, 7) is 2.20. The molecular weight excluding hydrogens is 382 g/mol. The van der Waals surface area contributed by atoms with Crippen molar-refractivity contribution < 1.29 is 9.59 Å². The number of carbonyl (C=O) groups is 2. The van der Waals surface area contributed by atoms with E-state index in [4.69, 9.17) is 0 Å². The maximum absolute atomic E-state index is 12.4. The summed E-state index contributed by atoms with van der Waals surface area (Å²) in [5.74, 6) is -0.277. The first-order chi connectivity index (χ1) is 12.0. The molecule has 2 aromatic carbocycles. The summed E-state index contributed by atoms with van der Waals surface area (Å²) >= 11 is 3.60. The van der Waals surface area contributed by atoms with Gasteiger partial charge in [-0.2, -0.15) is 0 Å². The molecule has 0 saturated carbocycles. The van der Waals surface area contributed by atoms with Crippen LogP contribution < -0.4 is 10.6 Å². The third-order valence-electron chi connectivity index (χ3n) is 4.11. The predicted molar refractivity (Wildman–Crippen MR) is 103 cm³/mol. The third-order valence-corrected chi connectivity index (χ3v) is 5.11. The molecule has 0 aliphatic heterocycles. The number of benzene rings is 2. The van der Waals surface area contributed by atoms with Crippen LogP contribution in [0.3, 0.4) is 0 Å². The SMILES string of the molecule is CNC(=O)c1ccc(NC(=O)Cn2c(C)c(Br)c3ccccc32)cc1. The highest BCUT2D eigenvalue weighted by molar-refractivity contribution is 9.10. The molecule has 0 unspecified atom stereocenters. The van der Waals surface area contributed by atoms with E-state index in [1.165, 1.54) is 0 Å². The summed E-state index contributed by atoms with van der Waals surface area (Å²) in [4.78, 5) is 24.0. The highest BCUT2D eigenvalue weighted by Gasteiger charge is 2.14. The molecule has 1 heterocycles. The molecule has 3 rings (SSSR count). The Morgan fingerprint density at radius 3 is 2.44 bits per heavy atom. The number of rotatable bonds is 4. The number of anilines is 1. The molecule has 0 saturated heterocycles. The van der Waals surface area contributed by atoms with Gasteiger partial charge in [-0.1, -0.05) is 18.2 Å². The van der Waals surface area contributed by atoms with E-state index >= 15 is 0 Å². The Kier molecular flexibility index (Phi) is 4.90. The van der Waals surface area contributed by atoms with Crippen molar-refractivity contribution in [1.29, 1.82) is 0 Å². The summed E-state index contributed by atoms with van der Waals surface area (Å²) in [5, 5.41) is 6.52. The second-order valence-electron chi connectivity index (χ2n) is 5.71. The molecule has 1 aromatic heterocycles. The topological polar surface area (TPSA) is 63.1 Å². The molecule has 6 heteroatoms. The average molecular weight is 400 g/mol. The van der Waals surface area contributed by atoms with E-state index < -0.39 is 0 Å². The van der Waals surface area contributed by atoms with E-state index in [1.807, 2.05) is 35.8 Å². The van der Waals surface area contributed by atoms with Gasteiger partial charge in [-0.05, 0) is 53.2 Å². The van der Waals surface area contributed by atoms with Gasteiger partial charge in [0.2, 0.25) is 5.91 Å². The smallest absolute Gasteiger partial charge is 0.251 e. The van der Waals surface area contributed by atoms with Gasteiger partial charge in [-0.3, -0.25) is 9.59 Å². The van der Waals surface area contributed by atoms with Crippen LogP contribution in [0.4, 0.5) is 5.69 Å². The molecule has 0 aliphatic carbocycles. The Morgan fingerprint density at radius 1 is 1.08 bits per heavy atom. The normalized spacial score (nSPS) is 10.7. The van der Waals surface area contributed by atoms with Gasteiger partial charge in [-0.15, -0.1) is 0 Å². The van der Waals surface area contributed by atoms with Crippen molar-refractivity contribution in [2.75, 3.05) is 12.4 Å². The van der Waals surface area contributed by atoms with Gasteiger partial charge < -0.3 is 15.2 Å². The molecule has 0 bridgehead atoms. The number of carbonyl (C=O) groups excluding carboxylic acids is 2. The third kappa shape index (κ3) is 3.44. The summed E-state index contributed by atoms with van der Waals surface area (Å²) in [6, 6.07) is 14.8. The first kappa shape index (κ1) is 17.2. The van der Waals surface area contributed by atoms with Gasteiger partial charge in [-0.25, -0.2) is 0 Å². The second-order valence-corrected chi connectivity index (χ2v) is 6.50. The van der Waals surface area contributed by atoms with Crippen molar-refractivity contribution in [2.24, 2.45) is 0 Å². The number of hydrogen-bond acceptors (Lipinski definition) is 2. The van der Waals surface area contributed by atoms with E-state index in [2.05, 4.69) is 26.6 Å². The number of nitrogens with zero attached hydrogens (tertiary/aromatic N) is 1. The lowest BCUT2D eigenvalue weighted by Gasteiger charge is -2.10. The van der Waals surface area contributed by atoms with Crippen molar-refractivity contribution in [1.82, 2.24) is 9.88 Å². The van der Waals surface area contributed by atoms with E-state index in [0.717, 1.165) is 21.1 Å². The first-order valence-corrected chi connectivity index (χ1v) is 8.66. The van der Waals surface area contributed by atoms with Gasteiger partial charge in [0.05, 0.1) is 0 Å². The van der Waals surface area contributed by atoms with Gasteiger partial charge in [0.15, 0.2) is 0 Å². The molecule has 3 aromatic rings. The van der Waals surface area contributed by atoms with Crippen molar-refractivity contribution in [2.45, 2.75) is 13.5 Å². The van der Waals surface area contributed by atoms with E-state index in [0.29, 0.717) is 11.3 Å². The zero-order valence-electron chi connectivity index (χ0n) is 14.0. The van der Waals surface area contributed by atoms with Crippen LogP contribution in [0.25, 0.3) is 10.9 Å². The molecule has 0 fully saturated rings. The summed E-state index contributed by atoms with van der Waals surface area (Å²) < 4.78 is 2.99. The average Bonchev–Trinajstić information content (AvgIpc) is 2.87. The first-order valence-electron chi connectivity index (χ1n) is 7.86. The molecule has 25 heavy (non-hydrogen) atoms. The standard InChI is InChI=1S/C19H18BrN3O2/c1-12-18(20)15-5-3-4-6-16(15)23(12)11-17(24)22-14-9-7-13(8-10-14)19(25)21-2/h3-10H,11H2,1-2H3,(H,21,25)(H,22,24). The minimum atomic E-state index is -0.155. The van der Waals surface area contributed by atoms with E-state index in [1.54, 1.807) is 31.3 Å². The molecule has 0 atom stereocenters. The van der Waals surface area contributed by atoms with Crippen LogP contribution in [-0.2, 0) is 11.3 Å². The Bertz CT molecular complexity index is 945. The van der Waals surface area contributed by atoms with Crippen LogP contribution in [0.2, 0.25) is 0 Å². The van der Waals surface area contributed by atoms with Crippen molar-refractivity contribution in [3.05, 3.63) is 64.3 Å². The van der Waals surface area contributed by atoms with Crippen LogP contribution in [0, 0.1) is 6.92 Å². The molecule has 2 N–H and O–H groups in total. The van der Waals surface area contributed by atoms with Crippen molar-refractivity contribution in [3.8, 4) is 0 Å². The van der Waals surface area contributed by atoms with E-state index in [9.17, 15) is 9.59 Å². The minimum absolute atomic E-state index is 0.121. The lowest BCUT2D eigenvalue weighted by atomic mass is 10.2. The molecule has 128 valence electrons. The van der Waals surface area contributed by atoms with Gasteiger partial charge in [0.1, 0.15) is 6.54 Å². The number of para-hydroxylation sites is 1. The fourth-order valence-electron chi connectivity index (χ4n) is 2.79. The highest BCUT2D eigenvalue weighted by atomic mass is 79.9. The van der Waals surface area contributed by atoms with Crippen LogP contribution in [0.1, 0.15) is 16.1 Å². The molecule has 0 aliphatic rings. The molecular formula is C19H18BrN3O2. The molecule has 0 spiro atoms. The lowest BCUT2D eigenvalue weighted by Crippen LogP contribution is -2.20. The number of aromatic nitrogens is 1. The van der Waals surface area contributed by atoms with Crippen molar-refractivity contribution >= 4 is 44.3 Å². The molecule has 0 radical (unpaired) electrons. The quantitative estimate of drug-likeness (QED) is 0.702. The summed E-state index contributed by atoms with van der Waals surface area (Å²) in [7, 11) is 1.58. The van der Waals surface area contributed by atoms with Crippen LogP contribution in [-0.4, -0.2) is 23.4 Å². The van der Waals surface area contributed by atoms with Gasteiger partial charge in [0.25, 0.3) is 5.91 Å². The zero-order valence-corrected chi connectivity index (χ0v) is 15.6. The van der Waals surface area contributed by atoms with Gasteiger partial charge in [0, 0.05) is 39.4 Å².